The standard InChI is InChI=1S/C23H27N5O5/c1-14(2)27-22(29)25-21(24-18-8-10-19(11-9-18)33-15(3)4)26(23(27)30)13-17-7-6-16(5)20(12-17)28(31)32/h6-12,14-15H,13H2,1-5H3,(H,24,25,29). The van der Waals surface area contributed by atoms with E-state index in [1.165, 1.54) is 10.6 Å². The maximum Gasteiger partial charge on any atom is 0.355 e. The Labute approximate surface area is 190 Å². The van der Waals surface area contributed by atoms with Crippen LogP contribution in [0.4, 0.5) is 17.3 Å². The molecule has 0 unspecified atom stereocenters. The van der Waals surface area contributed by atoms with Crippen LogP contribution >= 0.6 is 0 Å². The van der Waals surface area contributed by atoms with Gasteiger partial charge in [-0.25, -0.2) is 14.2 Å². The number of anilines is 2. The fourth-order valence-electron chi connectivity index (χ4n) is 3.34. The Balaban J connectivity index is 2.05. The Morgan fingerprint density at radius 3 is 2.33 bits per heavy atom. The lowest BCUT2D eigenvalue weighted by molar-refractivity contribution is -0.385. The number of benzene rings is 2. The van der Waals surface area contributed by atoms with E-state index < -0.39 is 22.3 Å². The lowest BCUT2D eigenvalue weighted by atomic mass is 10.1. The van der Waals surface area contributed by atoms with E-state index >= 15 is 0 Å². The monoisotopic (exact) mass is 453 g/mol. The van der Waals surface area contributed by atoms with Gasteiger partial charge in [0.05, 0.1) is 17.6 Å². The lowest BCUT2D eigenvalue weighted by Gasteiger charge is -2.17. The number of nitro groups is 1. The summed E-state index contributed by atoms with van der Waals surface area (Å²) in [7, 11) is 0. The predicted molar refractivity (Wildman–Crippen MR) is 126 cm³/mol. The van der Waals surface area contributed by atoms with Gasteiger partial charge in [0, 0.05) is 23.4 Å². The molecule has 0 aliphatic carbocycles. The molecule has 0 aliphatic rings. The molecule has 10 heteroatoms. The van der Waals surface area contributed by atoms with Gasteiger partial charge in [0.2, 0.25) is 5.95 Å². The Morgan fingerprint density at radius 1 is 1.09 bits per heavy atom. The molecule has 0 amide bonds. The van der Waals surface area contributed by atoms with Gasteiger partial charge in [-0.2, -0.15) is 4.98 Å². The molecule has 10 nitrogen and oxygen atoms in total. The van der Waals surface area contributed by atoms with E-state index in [2.05, 4.69) is 10.3 Å². The van der Waals surface area contributed by atoms with Gasteiger partial charge < -0.3 is 10.1 Å². The predicted octanol–water partition coefficient (Wildman–Crippen LogP) is 3.78. The van der Waals surface area contributed by atoms with Crippen LogP contribution in [0.15, 0.2) is 52.1 Å². The minimum absolute atomic E-state index is 0.00314. The summed E-state index contributed by atoms with van der Waals surface area (Å²) in [5.41, 5.74) is 0.375. The summed E-state index contributed by atoms with van der Waals surface area (Å²) in [5.74, 6) is 0.728. The quantitative estimate of drug-likeness (QED) is 0.407. The maximum absolute atomic E-state index is 13.2. The van der Waals surface area contributed by atoms with Crippen molar-refractivity contribution in [3.8, 4) is 5.75 Å². The second-order valence-electron chi connectivity index (χ2n) is 8.24. The Bertz CT molecular complexity index is 1280. The molecule has 0 fully saturated rings. The summed E-state index contributed by atoms with van der Waals surface area (Å²) in [4.78, 5) is 40.7. The zero-order valence-electron chi connectivity index (χ0n) is 19.2. The van der Waals surface area contributed by atoms with Crippen LogP contribution in [0.1, 0.15) is 44.9 Å². The molecular weight excluding hydrogens is 426 g/mol. The fraction of sp³-hybridized carbons (Fsp3) is 0.348. The smallest absolute Gasteiger partial charge is 0.355 e. The topological polar surface area (TPSA) is 121 Å². The summed E-state index contributed by atoms with van der Waals surface area (Å²) in [6, 6.07) is 11.4. The molecule has 0 spiro atoms. The normalized spacial score (nSPS) is 11.1. The second-order valence-corrected chi connectivity index (χ2v) is 8.24. The number of nitro benzene ring substituents is 1. The van der Waals surface area contributed by atoms with Crippen LogP contribution in [0.25, 0.3) is 0 Å². The molecule has 2 aromatic carbocycles. The molecule has 0 bridgehead atoms. The molecule has 174 valence electrons. The first kappa shape index (κ1) is 23.7. The highest BCUT2D eigenvalue weighted by Crippen LogP contribution is 2.22. The molecule has 1 N–H and O–H groups in total. The van der Waals surface area contributed by atoms with E-state index in [0.717, 1.165) is 4.57 Å². The Hall–Kier alpha value is -3.95. The SMILES string of the molecule is Cc1ccc(Cn2c(Nc3ccc(OC(C)C)cc3)nc(=O)n(C(C)C)c2=O)cc1[N+](=O)[O-]. The highest BCUT2D eigenvalue weighted by molar-refractivity contribution is 5.55. The van der Waals surface area contributed by atoms with Gasteiger partial charge in [0.15, 0.2) is 0 Å². The molecule has 0 saturated carbocycles. The van der Waals surface area contributed by atoms with E-state index in [-0.39, 0.29) is 24.3 Å². The van der Waals surface area contributed by atoms with E-state index in [1.807, 2.05) is 13.8 Å². The number of ether oxygens (including phenoxy) is 1. The molecule has 1 aromatic heterocycles. The summed E-state index contributed by atoms with van der Waals surface area (Å²) in [6.07, 6.45) is 0.0258. The van der Waals surface area contributed by atoms with E-state index in [0.29, 0.717) is 22.6 Å². The minimum Gasteiger partial charge on any atom is -0.491 e. The van der Waals surface area contributed by atoms with Gasteiger partial charge >= 0.3 is 11.4 Å². The van der Waals surface area contributed by atoms with Crippen LogP contribution in [0.3, 0.4) is 0 Å². The first-order chi connectivity index (χ1) is 15.6. The number of nitrogens with zero attached hydrogens (tertiary/aromatic N) is 4. The maximum atomic E-state index is 13.2. The molecule has 3 aromatic rings. The highest BCUT2D eigenvalue weighted by Gasteiger charge is 2.18. The molecule has 0 atom stereocenters. The van der Waals surface area contributed by atoms with Crippen molar-refractivity contribution in [1.29, 1.82) is 0 Å². The van der Waals surface area contributed by atoms with Gasteiger partial charge in [-0.3, -0.25) is 14.7 Å². The van der Waals surface area contributed by atoms with Crippen molar-refractivity contribution in [3.05, 3.63) is 84.7 Å². The van der Waals surface area contributed by atoms with E-state index in [4.69, 9.17) is 4.74 Å². The van der Waals surface area contributed by atoms with Crippen LogP contribution < -0.4 is 21.4 Å². The average Bonchev–Trinajstić information content (AvgIpc) is 2.72. The number of nitrogens with one attached hydrogen (secondary N) is 1. The third-order valence-electron chi connectivity index (χ3n) is 4.91. The van der Waals surface area contributed by atoms with Crippen molar-refractivity contribution in [2.24, 2.45) is 0 Å². The molecule has 0 radical (unpaired) electrons. The molecule has 1 heterocycles. The molecule has 0 saturated heterocycles. The van der Waals surface area contributed by atoms with Crippen molar-refractivity contribution < 1.29 is 9.66 Å². The first-order valence-electron chi connectivity index (χ1n) is 10.6. The number of hydrogen-bond donors (Lipinski definition) is 1. The Morgan fingerprint density at radius 2 is 1.76 bits per heavy atom. The lowest BCUT2D eigenvalue weighted by Crippen LogP contribution is -2.43. The van der Waals surface area contributed by atoms with Gasteiger partial charge in [-0.1, -0.05) is 12.1 Å². The van der Waals surface area contributed by atoms with Gasteiger partial charge in [-0.15, -0.1) is 0 Å². The molecule has 3 rings (SSSR count). The number of aryl methyl sites for hydroxylation is 1. The summed E-state index contributed by atoms with van der Waals surface area (Å²) in [6.45, 7) is 8.92. The largest absolute Gasteiger partial charge is 0.491 e. The van der Waals surface area contributed by atoms with E-state index in [9.17, 15) is 19.7 Å². The third kappa shape index (κ3) is 5.46. The fourth-order valence-corrected chi connectivity index (χ4v) is 3.34. The molecule has 0 aliphatic heterocycles. The minimum atomic E-state index is -0.677. The van der Waals surface area contributed by atoms with Crippen molar-refractivity contribution in [2.45, 2.75) is 53.3 Å². The summed E-state index contributed by atoms with van der Waals surface area (Å²) < 4.78 is 7.98. The molecular formula is C23H27N5O5. The number of aromatic nitrogens is 3. The summed E-state index contributed by atoms with van der Waals surface area (Å²) >= 11 is 0. The third-order valence-corrected chi connectivity index (χ3v) is 4.91. The Kier molecular flexibility index (Phi) is 6.95. The van der Waals surface area contributed by atoms with Crippen LogP contribution in [0.5, 0.6) is 5.75 Å². The number of rotatable bonds is 8. The highest BCUT2D eigenvalue weighted by atomic mass is 16.6. The molecule has 33 heavy (non-hydrogen) atoms. The summed E-state index contributed by atoms with van der Waals surface area (Å²) in [5, 5.41) is 14.4. The number of hydrogen-bond acceptors (Lipinski definition) is 7. The van der Waals surface area contributed by atoms with Crippen LogP contribution in [0.2, 0.25) is 0 Å². The van der Waals surface area contributed by atoms with Crippen LogP contribution in [-0.2, 0) is 6.54 Å². The zero-order chi connectivity index (χ0) is 24.3. The van der Waals surface area contributed by atoms with Crippen molar-refractivity contribution in [3.63, 3.8) is 0 Å². The first-order valence-corrected chi connectivity index (χ1v) is 10.6. The second kappa shape index (κ2) is 9.68. The van der Waals surface area contributed by atoms with Gasteiger partial charge in [-0.05, 0) is 64.4 Å². The van der Waals surface area contributed by atoms with Crippen LogP contribution in [0, 0.1) is 17.0 Å². The van der Waals surface area contributed by atoms with Crippen molar-refractivity contribution in [2.75, 3.05) is 5.32 Å². The average molecular weight is 453 g/mol. The van der Waals surface area contributed by atoms with Crippen LogP contribution in [-0.4, -0.2) is 25.1 Å². The van der Waals surface area contributed by atoms with Gasteiger partial charge in [0.25, 0.3) is 5.69 Å². The van der Waals surface area contributed by atoms with Crippen molar-refractivity contribution >= 4 is 17.3 Å². The van der Waals surface area contributed by atoms with Gasteiger partial charge in [0.1, 0.15) is 5.75 Å². The van der Waals surface area contributed by atoms with Crippen molar-refractivity contribution in [1.82, 2.24) is 14.1 Å². The van der Waals surface area contributed by atoms with E-state index in [1.54, 1.807) is 57.2 Å². The zero-order valence-corrected chi connectivity index (χ0v) is 19.2.